The van der Waals surface area contributed by atoms with Gasteiger partial charge in [-0.3, -0.25) is 9.59 Å². The fourth-order valence-electron chi connectivity index (χ4n) is 2.08. The van der Waals surface area contributed by atoms with Crippen LogP contribution in [0.3, 0.4) is 0 Å². The third-order valence-electron chi connectivity index (χ3n) is 3.29. The predicted molar refractivity (Wildman–Crippen MR) is 103 cm³/mol. The smallest absolute Gasteiger partial charge is 0.252 e. The van der Waals surface area contributed by atoms with Crippen molar-refractivity contribution in [3.63, 3.8) is 0 Å². The highest BCUT2D eigenvalue weighted by Gasteiger charge is 2.10. The molecule has 2 N–H and O–H groups in total. The number of anilines is 1. The number of nitrogens with one attached hydrogen (secondary N) is 2. The maximum absolute atomic E-state index is 12.0. The SMILES string of the molecule is CCCNC(=O)c1ccc(NC(=O)C=Cc2cccc(Cl)c2)cc1Cl. The average Bonchev–Trinajstić information content (AvgIpc) is 2.58. The van der Waals surface area contributed by atoms with Gasteiger partial charge in [-0.2, -0.15) is 0 Å². The van der Waals surface area contributed by atoms with E-state index in [0.717, 1.165) is 12.0 Å². The van der Waals surface area contributed by atoms with E-state index in [2.05, 4.69) is 10.6 Å². The molecule has 4 nitrogen and oxygen atoms in total. The van der Waals surface area contributed by atoms with Gasteiger partial charge >= 0.3 is 0 Å². The van der Waals surface area contributed by atoms with Gasteiger partial charge in [-0.1, -0.05) is 42.3 Å². The summed E-state index contributed by atoms with van der Waals surface area (Å²) in [5.41, 5.74) is 1.71. The van der Waals surface area contributed by atoms with Crippen molar-refractivity contribution in [1.29, 1.82) is 0 Å². The van der Waals surface area contributed by atoms with E-state index >= 15 is 0 Å². The molecule has 0 aliphatic rings. The average molecular weight is 377 g/mol. The highest BCUT2D eigenvalue weighted by molar-refractivity contribution is 6.34. The van der Waals surface area contributed by atoms with Gasteiger partial charge in [0.05, 0.1) is 10.6 Å². The van der Waals surface area contributed by atoms with E-state index in [0.29, 0.717) is 22.8 Å². The van der Waals surface area contributed by atoms with Gasteiger partial charge in [0.1, 0.15) is 0 Å². The Morgan fingerprint density at radius 3 is 2.60 bits per heavy atom. The quantitative estimate of drug-likeness (QED) is 0.712. The van der Waals surface area contributed by atoms with Crippen LogP contribution in [0, 0.1) is 0 Å². The van der Waals surface area contributed by atoms with E-state index < -0.39 is 0 Å². The molecule has 0 saturated heterocycles. The Balaban J connectivity index is 2.01. The number of rotatable bonds is 6. The molecule has 6 heteroatoms. The molecule has 0 spiro atoms. The van der Waals surface area contributed by atoms with Crippen molar-refractivity contribution in [2.45, 2.75) is 13.3 Å². The third kappa shape index (κ3) is 5.93. The molecule has 0 saturated carbocycles. The molecule has 0 aliphatic carbocycles. The molecule has 0 radical (unpaired) electrons. The number of amides is 2. The van der Waals surface area contributed by atoms with Gasteiger partial charge in [0.2, 0.25) is 5.91 Å². The van der Waals surface area contributed by atoms with Crippen LogP contribution < -0.4 is 10.6 Å². The monoisotopic (exact) mass is 376 g/mol. The minimum absolute atomic E-state index is 0.231. The van der Waals surface area contributed by atoms with Crippen LogP contribution in [0.25, 0.3) is 6.08 Å². The lowest BCUT2D eigenvalue weighted by Crippen LogP contribution is -2.24. The number of hydrogen-bond donors (Lipinski definition) is 2. The zero-order valence-electron chi connectivity index (χ0n) is 13.7. The van der Waals surface area contributed by atoms with Gasteiger partial charge < -0.3 is 10.6 Å². The topological polar surface area (TPSA) is 58.2 Å². The minimum atomic E-state index is -0.306. The van der Waals surface area contributed by atoms with Crippen LogP contribution in [-0.2, 0) is 4.79 Å². The lowest BCUT2D eigenvalue weighted by atomic mass is 10.2. The lowest BCUT2D eigenvalue weighted by molar-refractivity contribution is -0.111. The van der Waals surface area contributed by atoms with E-state index in [1.807, 2.05) is 19.1 Å². The Morgan fingerprint density at radius 2 is 1.92 bits per heavy atom. The first-order chi connectivity index (χ1) is 12.0. The van der Waals surface area contributed by atoms with E-state index in [-0.39, 0.29) is 16.8 Å². The second-order valence-corrected chi connectivity index (χ2v) is 6.17. The summed E-state index contributed by atoms with van der Waals surface area (Å²) >= 11 is 12.0. The lowest BCUT2D eigenvalue weighted by Gasteiger charge is -2.08. The van der Waals surface area contributed by atoms with Crippen molar-refractivity contribution in [3.05, 3.63) is 69.7 Å². The molecule has 25 heavy (non-hydrogen) atoms. The summed E-state index contributed by atoms with van der Waals surface area (Å²) in [5, 5.41) is 6.35. The van der Waals surface area contributed by atoms with Crippen molar-refractivity contribution in [2.24, 2.45) is 0 Å². The number of carbonyl (C=O) groups excluding carboxylic acids is 2. The molecule has 0 bridgehead atoms. The van der Waals surface area contributed by atoms with Crippen molar-refractivity contribution in [3.8, 4) is 0 Å². The summed E-state index contributed by atoms with van der Waals surface area (Å²) < 4.78 is 0. The molecule has 2 aromatic carbocycles. The van der Waals surface area contributed by atoms with Crippen molar-refractivity contribution < 1.29 is 9.59 Å². The highest BCUT2D eigenvalue weighted by atomic mass is 35.5. The van der Waals surface area contributed by atoms with Gasteiger partial charge in [0.25, 0.3) is 5.91 Å². The molecular formula is C19H18Cl2N2O2. The van der Waals surface area contributed by atoms with Crippen LogP contribution in [0.2, 0.25) is 10.0 Å². The standard InChI is InChI=1S/C19H18Cl2N2O2/c1-2-10-22-19(25)16-8-7-15(12-17(16)21)23-18(24)9-6-13-4-3-5-14(20)11-13/h3-9,11-12H,2,10H2,1H3,(H,22,25)(H,23,24). The van der Waals surface area contributed by atoms with Gasteiger partial charge in [0.15, 0.2) is 0 Å². The molecule has 0 fully saturated rings. The molecule has 2 aromatic rings. The molecular weight excluding hydrogens is 359 g/mol. The third-order valence-corrected chi connectivity index (χ3v) is 3.84. The molecule has 130 valence electrons. The van der Waals surface area contributed by atoms with Crippen LogP contribution in [0.15, 0.2) is 48.5 Å². The zero-order valence-corrected chi connectivity index (χ0v) is 15.2. The summed E-state index contributed by atoms with van der Waals surface area (Å²) in [6, 6.07) is 11.9. The zero-order chi connectivity index (χ0) is 18.2. The molecule has 0 aliphatic heterocycles. The first-order valence-electron chi connectivity index (χ1n) is 7.82. The number of benzene rings is 2. The largest absolute Gasteiger partial charge is 0.352 e. The fraction of sp³-hybridized carbons (Fsp3) is 0.158. The van der Waals surface area contributed by atoms with E-state index in [1.54, 1.807) is 36.4 Å². The minimum Gasteiger partial charge on any atom is -0.352 e. The van der Waals surface area contributed by atoms with Crippen LogP contribution >= 0.6 is 23.2 Å². The fourth-order valence-corrected chi connectivity index (χ4v) is 2.54. The second kappa shape index (κ2) is 9.25. The van der Waals surface area contributed by atoms with Crippen LogP contribution in [0.4, 0.5) is 5.69 Å². The molecule has 0 aromatic heterocycles. The number of halogens is 2. The maximum Gasteiger partial charge on any atom is 0.252 e. The predicted octanol–water partition coefficient (Wildman–Crippen LogP) is 4.79. The molecule has 0 unspecified atom stereocenters. The molecule has 2 amide bonds. The van der Waals surface area contributed by atoms with Gasteiger partial charge in [-0.15, -0.1) is 0 Å². The number of hydrogen-bond acceptors (Lipinski definition) is 2. The first-order valence-corrected chi connectivity index (χ1v) is 8.57. The van der Waals surface area contributed by atoms with E-state index in [9.17, 15) is 9.59 Å². The van der Waals surface area contributed by atoms with Crippen LogP contribution in [0.1, 0.15) is 29.3 Å². The maximum atomic E-state index is 12.0. The van der Waals surface area contributed by atoms with Crippen LogP contribution in [0.5, 0.6) is 0 Å². The normalized spacial score (nSPS) is 10.7. The van der Waals surface area contributed by atoms with Crippen LogP contribution in [-0.4, -0.2) is 18.4 Å². The van der Waals surface area contributed by atoms with Gasteiger partial charge in [-0.25, -0.2) is 0 Å². The Morgan fingerprint density at radius 1 is 1.12 bits per heavy atom. The van der Waals surface area contributed by atoms with Crippen molar-refractivity contribution in [1.82, 2.24) is 5.32 Å². The Labute approximate surface area is 156 Å². The summed E-state index contributed by atoms with van der Waals surface area (Å²) in [6.07, 6.45) is 3.91. The summed E-state index contributed by atoms with van der Waals surface area (Å²) in [7, 11) is 0. The van der Waals surface area contributed by atoms with Gasteiger partial charge in [-0.05, 0) is 48.4 Å². The Kier molecular flexibility index (Phi) is 7.04. The molecule has 0 heterocycles. The van der Waals surface area contributed by atoms with Crippen molar-refractivity contribution in [2.75, 3.05) is 11.9 Å². The highest BCUT2D eigenvalue weighted by Crippen LogP contribution is 2.21. The van der Waals surface area contributed by atoms with E-state index in [4.69, 9.17) is 23.2 Å². The first kappa shape index (κ1) is 19.0. The summed E-state index contributed by atoms with van der Waals surface area (Å²) in [4.78, 5) is 23.9. The van der Waals surface area contributed by atoms with Crippen molar-refractivity contribution >= 4 is 46.8 Å². The Bertz CT molecular complexity index is 804. The van der Waals surface area contributed by atoms with E-state index in [1.165, 1.54) is 6.08 Å². The second-order valence-electron chi connectivity index (χ2n) is 5.33. The summed E-state index contributed by atoms with van der Waals surface area (Å²) in [5.74, 6) is -0.537. The Hall–Kier alpha value is -2.30. The van der Waals surface area contributed by atoms with Gasteiger partial charge in [0, 0.05) is 23.3 Å². The molecule has 0 atom stereocenters. The summed E-state index contributed by atoms with van der Waals surface area (Å²) in [6.45, 7) is 2.55. The molecule has 2 rings (SSSR count). The number of carbonyl (C=O) groups is 2.